The van der Waals surface area contributed by atoms with Crippen molar-refractivity contribution in [3.05, 3.63) is 86.6 Å². The van der Waals surface area contributed by atoms with Crippen LogP contribution in [0.25, 0.3) is 0 Å². The van der Waals surface area contributed by atoms with Gasteiger partial charge in [-0.25, -0.2) is 23.4 Å². The number of nitrogens with one attached hydrogen (secondary N) is 1. The van der Waals surface area contributed by atoms with E-state index in [0.29, 0.717) is 0 Å². The smallest absolute Gasteiger partial charge is 0.419 e. The van der Waals surface area contributed by atoms with Crippen LogP contribution in [0, 0.1) is 21.7 Å². The van der Waals surface area contributed by atoms with Gasteiger partial charge in [0.15, 0.2) is 0 Å². The number of alkyl halides is 3. The number of hydrogen-bond acceptors (Lipinski definition) is 8. The van der Waals surface area contributed by atoms with Gasteiger partial charge in [0.25, 0.3) is 5.69 Å². The SMILES string of the molecule is CCC(c1cc(F)ccc1Nc1cc(C(F)(F)F)c(F)cc1C(=O)O)N(CCc1nc(OC)ccc1[N+](=O)[O-])C(=O)OC(C)(C)C. The topological polar surface area (TPSA) is 144 Å². The van der Waals surface area contributed by atoms with Crippen LogP contribution in [0.4, 0.5) is 43.8 Å². The molecular formula is C30H31F5N4O7. The summed E-state index contributed by atoms with van der Waals surface area (Å²) in [6, 6.07) is 4.97. The van der Waals surface area contributed by atoms with Gasteiger partial charge in [0.1, 0.15) is 22.9 Å². The molecule has 0 spiro atoms. The van der Waals surface area contributed by atoms with E-state index in [9.17, 15) is 46.8 Å². The Hall–Kier alpha value is -5.02. The van der Waals surface area contributed by atoms with Gasteiger partial charge in [-0.2, -0.15) is 13.2 Å². The van der Waals surface area contributed by atoms with Crippen molar-refractivity contribution in [2.45, 2.75) is 58.4 Å². The summed E-state index contributed by atoms with van der Waals surface area (Å²) in [6.45, 7) is 6.13. The van der Waals surface area contributed by atoms with E-state index >= 15 is 0 Å². The van der Waals surface area contributed by atoms with Gasteiger partial charge >= 0.3 is 18.2 Å². The molecule has 3 rings (SSSR count). The number of nitrogens with zero attached hydrogens (tertiary/aromatic N) is 3. The van der Waals surface area contributed by atoms with Gasteiger partial charge in [-0.3, -0.25) is 10.1 Å². The highest BCUT2D eigenvalue weighted by molar-refractivity contribution is 5.95. The number of methoxy groups -OCH3 is 1. The molecule has 1 heterocycles. The maximum atomic E-state index is 14.7. The molecule has 1 unspecified atom stereocenters. The Kier molecular flexibility index (Phi) is 10.8. The van der Waals surface area contributed by atoms with Crippen molar-refractivity contribution in [2.24, 2.45) is 0 Å². The van der Waals surface area contributed by atoms with Gasteiger partial charge in [-0.1, -0.05) is 6.92 Å². The largest absolute Gasteiger partial charge is 0.481 e. The molecular weight excluding hydrogens is 623 g/mol. The van der Waals surface area contributed by atoms with Crippen molar-refractivity contribution in [3.63, 3.8) is 0 Å². The minimum absolute atomic E-state index is 0.00400. The minimum Gasteiger partial charge on any atom is -0.481 e. The zero-order valence-electron chi connectivity index (χ0n) is 25.4. The highest BCUT2D eigenvalue weighted by Gasteiger charge is 2.36. The minimum atomic E-state index is -5.17. The fourth-order valence-corrected chi connectivity index (χ4v) is 4.61. The first-order valence-electron chi connectivity index (χ1n) is 13.7. The second kappa shape index (κ2) is 14.0. The molecule has 0 fully saturated rings. The molecule has 3 aromatic rings. The number of carboxylic acids is 1. The summed E-state index contributed by atoms with van der Waals surface area (Å²) in [5.41, 5.74) is -4.75. The van der Waals surface area contributed by atoms with Gasteiger partial charge < -0.3 is 24.8 Å². The standard InChI is InChI=1S/C30H31F5N4O7/c1-6-24(38(28(42)46-29(2,3)4)12-11-22-25(39(43)44)9-10-26(37-22)45-5)17-13-16(31)7-8-21(17)36-23-15-19(30(33,34)35)20(32)14-18(23)27(40)41/h7-10,13-15,24,36H,6,11-12H2,1-5H3,(H,40,41). The van der Waals surface area contributed by atoms with E-state index in [0.717, 1.165) is 23.1 Å². The Morgan fingerprint density at radius 2 is 1.76 bits per heavy atom. The maximum Gasteiger partial charge on any atom is 0.419 e. The molecule has 0 saturated heterocycles. The van der Waals surface area contributed by atoms with Crippen LogP contribution in [0.5, 0.6) is 5.88 Å². The summed E-state index contributed by atoms with van der Waals surface area (Å²) in [6.07, 6.45) is -6.21. The van der Waals surface area contributed by atoms with Crippen LogP contribution in [0.15, 0.2) is 42.5 Å². The lowest BCUT2D eigenvalue weighted by Crippen LogP contribution is -2.40. The summed E-state index contributed by atoms with van der Waals surface area (Å²) in [5.74, 6) is -4.28. The molecule has 1 aromatic heterocycles. The predicted octanol–water partition coefficient (Wildman–Crippen LogP) is 7.67. The zero-order chi connectivity index (χ0) is 34.6. The van der Waals surface area contributed by atoms with Crippen LogP contribution >= 0.6 is 0 Å². The fraction of sp³-hybridized carbons (Fsp3) is 0.367. The first kappa shape index (κ1) is 35.5. The van der Waals surface area contributed by atoms with Gasteiger partial charge in [-0.05, 0) is 57.5 Å². The van der Waals surface area contributed by atoms with E-state index < -0.39 is 63.3 Å². The maximum absolute atomic E-state index is 14.7. The summed E-state index contributed by atoms with van der Waals surface area (Å²) in [4.78, 5) is 41.7. The number of carbonyl (C=O) groups excluding carboxylic acids is 1. The van der Waals surface area contributed by atoms with Gasteiger partial charge in [0.2, 0.25) is 5.88 Å². The third-order valence-electron chi connectivity index (χ3n) is 6.60. The molecule has 11 nitrogen and oxygen atoms in total. The number of aromatic nitrogens is 1. The monoisotopic (exact) mass is 654 g/mol. The van der Waals surface area contributed by atoms with Crippen LogP contribution in [-0.2, 0) is 17.3 Å². The second-order valence-electron chi connectivity index (χ2n) is 11.0. The van der Waals surface area contributed by atoms with Gasteiger partial charge in [0.05, 0.1) is 34.9 Å². The summed E-state index contributed by atoms with van der Waals surface area (Å²) in [5, 5.41) is 23.8. The molecule has 16 heteroatoms. The van der Waals surface area contributed by atoms with Gasteiger partial charge in [-0.15, -0.1) is 0 Å². The molecule has 46 heavy (non-hydrogen) atoms. The Bertz CT molecular complexity index is 1630. The number of ether oxygens (including phenoxy) is 2. The van der Waals surface area contributed by atoms with E-state index in [-0.39, 0.29) is 60.0 Å². The van der Waals surface area contributed by atoms with Gasteiger partial charge in [0, 0.05) is 36.3 Å². The number of pyridine rings is 1. The van der Waals surface area contributed by atoms with Crippen molar-refractivity contribution >= 4 is 29.1 Å². The number of nitro groups is 1. The Balaban J connectivity index is 2.16. The molecule has 2 aromatic carbocycles. The third-order valence-corrected chi connectivity index (χ3v) is 6.60. The molecule has 0 bridgehead atoms. The molecule has 0 aliphatic carbocycles. The van der Waals surface area contributed by atoms with E-state index in [1.807, 2.05) is 0 Å². The highest BCUT2D eigenvalue weighted by atomic mass is 19.4. The van der Waals surface area contributed by atoms with E-state index in [1.165, 1.54) is 19.2 Å². The van der Waals surface area contributed by atoms with Crippen LogP contribution in [-0.4, -0.2) is 51.2 Å². The lowest BCUT2D eigenvalue weighted by Gasteiger charge is -2.34. The molecule has 0 aliphatic heterocycles. The normalized spacial score (nSPS) is 12.3. The summed E-state index contributed by atoms with van der Waals surface area (Å²) in [7, 11) is 1.31. The number of hydrogen-bond donors (Lipinski definition) is 2. The number of rotatable bonds is 11. The predicted molar refractivity (Wildman–Crippen MR) is 155 cm³/mol. The summed E-state index contributed by atoms with van der Waals surface area (Å²) >= 11 is 0. The quantitative estimate of drug-likeness (QED) is 0.121. The lowest BCUT2D eigenvalue weighted by molar-refractivity contribution is -0.386. The number of amides is 1. The van der Waals surface area contributed by atoms with Crippen LogP contribution in [0.1, 0.15) is 67.3 Å². The number of anilines is 2. The lowest BCUT2D eigenvalue weighted by atomic mass is 9.99. The highest BCUT2D eigenvalue weighted by Crippen LogP contribution is 2.38. The first-order valence-corrected chi connectivity index (χ1v) is 13.7. The summed E-state index contributed by atoms with van der Waals surface area (Å²) < 4.78 is 80.2. The number of halogens is 5. The Morgan fingerprint density at radius 1 is 1.09 bits per heavy atom. The number of carboxylic acid groups (broad SMARTS) is 1. The molecule has 0 radical (unpaired) electrons. The molecule has 0 saturated carbocycles. The fourth-order valence-electron chi connectivity index (χ4n) is 4.61. The van der Waals surface area contributed by atoms with Crippen LogP contribution < -0.4 is 10.1 Å². The first-order chi connectivity index (χ1) is 21.4. The van der Waals surface area contributed by atoms with E-state index in [2.05, 4.69) is 10.3 Å². The molecule has 0 aliphatic rings. The molecule has 1 atom stereocenters. The number of benzene rings is 2. The molecule has 2 N–H and O–H groups in total. The van der Waals surface area contributed by atoms with Crippen molar-refractivity contribution in [3.8, 4) is 5.88 Å². The second-order valence-corrected chi connectivity index (χ2v) is 11.0. The van der Waals surface area contributed by atoms with Crippen molar-refractivity contribution < 1.29 is 51.0 Å². The average Bonchev–Trinajstić information content (AvgIpc) is 2.94. The molecule has 1 amide bonds. The zero-order valence-corrected chi connectivity index (χ0v) is 25.4. The Labute approximate surface area is 260 Å². The van der Waals surface area contributed by atoms with Crippen molar-refractivity contribution in [1.29, 1.82) is 0 Å². The number of carbonyl (C=O) groups is 2. The number of aromatic carboxylic acids is 1. The Morgan fingerprint density at radius 3 is 2.30 bits per heavy atom. The molecule has 248 valence electrons. The average molecular weight is 655 g/mol. The van der Waals surface area contributed by atoms with Crippen molar-refractivity contribution in [1.82, 2.24) is 9.88 Å². The van der Waals surface area contributed by atoms with Crippen LogP contribution in [0.2, 0.25) is 0 Å². The van der Waals surface area contributed by atoms with Crippen molar-refractivity contribution in [2.75, 3.05) is 19.0 Å². The van der Waals surface area contributed by atoms with Crippen LogP contribution in [0.3, 0.4) is 0 Å². The van der Waals surface area contributed by atoms with E-state index in [4.69, 9.17) is 9.47 Å². The van der Waals surface area contributed by atoms with E-state index in [1.54, 1.807) is 27.7 Å². The third kappa shape index (κ3) is 8.57.